The van der Waals surface area contributed by atoms with Crippen molar-refractivity contribution >= 4 is 28.7 Å². The van der Waals surface area contributed by atoms with E-state index in [-0.39, 0.29) is 5.76 Å². The summed E-state index contributed by atoms with van der Waals surface area (Å²) >= 11 is 1.55. The molecule has 0 atom stereocenters. The molecule has 6 nitrogen and oxygen atoms in total. The zero-order valence-electron chi connectivity index (χ0n) is 17.9. The van der Waals surface area contributed by atoms with E-state index >= 15 is 0 Å². The number of aryl methyl sites for hydroxylation is 1. The van der Waals surface area contributed by atoms with E-state index < -0.39 is 5.97 Å². The number of carbonyl (C=O) groups is 1. The highest BCUT2D eigenvalue weighted by atomic mass is 32.2. The molecule has 0 aliphatic carbocycles. The number of benzene rings is 2. The molecule has 0 bridgehead atoms. The molecule has 4 rings (SSSR count). The topological polar surface area (TPSA) is 70.2 Å². The Labute approximate surface area is 185 Å². The minimum absolute atomic E-state index is 0.260. The van der Waals surface area contributed by atoms with E-state index in [1.807, 2.05) is 30.3 Å². The molecule has 0 radical (unpaired) electrons. The van der Waals surface area contributed by atoms with Gasteiger partial charge in [-0.05, 0) is 32.4 Å². The number of thioether (sulfide) groups is 1. The van der Waals surface area contributed by atoms with Crippen LogP contribution >= 0.6 is 11.8 Å². The first-order chi connectivity index (χ1) is 15.1. The van der Waals surface area contributed by atoms with Gasteiger partial charge in [0, 0.05) is 28.8 Å². The summed E-state index contributed by atoms with van der Waals surface area (Å²) in [4.78, 5) is 12.5. The van der Waals surface area contributed by atoms with E-state index in [2.05, 4.69) is 46.8 Å². The Morgan fingerprint density at radius 3 is 2.74 bits per heavy atom. The fourth-order valence-corrected chi connectivity index (χ4v) is 4.55. The molecule has 0 spiro atoms. The van der Waals surface area contributed by atoms with E-state index in [1.165, 1.54) is 5.56 Å². The van der Waals surface area contributed by atoms with Gasteiger partial charge in [-0.3, -0.25) is 0 Å². The van der Waals surface area contributed by atoms with Crippen LogP contribution in [0.4, 0.5) is 0 Å². The predicted molar refractivity (Wildman–Crippen MR) is 122 cm³/mol. The number of rotatable bonds is 8. The van der Waals surface area contributed by atoms with Gasteiger partial charge in [0.2, 0.25) is 5.76 Å². The van der Waals surface area contributed by atoms with Crippen molar-refractivity contribution in [1.82, 2.24) is 14.8 Å². The molecule has 7 heteroatoms. The summed E-state index contributed by atoms with van der Waals surface area (Å²) in [5.41, 5.74) is 3.73. The number of para-hydroxylation sites is 1. The summed E-state index contributed by atoms with van der Waals surface area (Å²) in [6, 6.07) is 15.9. The van der Waals surface area contributed by atoms with Crippen LogP contribution in [0.5, 0.6) is 0 Å². The van der Waals surface area contributed by atoms with Crippen LogP contribution in [0.2, 0.25) is 0 Å². The Balaban J connectivity index is 1.68. The van der Waals surface area contributed by atoms with E-state index in [0.717, 1.165) is 40.5 Å². The maximum absolute atomic E-state index is 12.5. The van der Waals surface area contributed by atoms with Crippen molar-refractivity contribution in [2.75, 3.05) is 6.61 Å². The van der Waals surface area contributed by atoms with Gasteiger partial charge >= 0.3 is 5.97 Å². The maximum Gasteiger partial charge on any atom is 0.374 e. The monoisotopic (exact) mass is 435 g/mol. The molecule has 0 amide bonds. The molecular weight excluding hydrogens is 410 g/mol. The summed E-state index contributed by atoms with van der Waals surface area (Å²) in [6.45, 7) is 7.11. The molecule has 0 aliphatic heterocycles. The molecule has 2 aromatic carbocycles. The fourth-order valence-electron chi connectivity index (χ4n) is 3.56. The number of hydrogen-bond donors (Lipinski definition) is 0. The van der Waals surface area contributed by atoms with Crippen molar-refractivity contribution in [2.24, 2.45) is 0 Å². The van der Waals surface area contributed by atoms with Crippen molar-refractivity contribution in [1.29, 1.82) is 0 Å². The van der Waals surface area contributed by atoms with E-state index in [4.69, 9.17) is 9.15 Å². The van der Waals surface area contributed by atoms with Gasteiger partial charge in [-0.15, -0.1) is 10.2 Å². The third kappa shape index (κ3) is 4.37. The molecule has 0 fully saturated rings. The lowest BCUT2D eigenvalue weighted by atomic mass is 10.1. The van der Waals surface area contributed by atoms with Crippen molar-refractivity contribution < 1.29 is 13.9 Å². The average Bonchev–Trinajstić information content (AvgIpc) is 3.34. The first-order valence-corrected chi connectivity index (χ1v) is 11.4. The molecule has 0 N–H and O–H groups in total. The molecule has 0 aliphatic rings. The molecule has 2 aromatic heterocycles. The van der Waals surface area contributed by atoms with Gasteiger partial charge in [0.25, 0.3) is 0 Å². The molecule has 2 heterocycles. The summed E-state index contributed by atoms with van der Waals surface area (Å²) in [6.07, 6.45) is 0.965. The second-order valence-electron chi connectivity index (χ2n) is 7.24. The lowest BCUT2D eigenvalue weighted by molar-refractivity contribution is 0.0491. The first-order valence-electron chi connectivity index (χ1n) is 10.4. The molecule has 0 unspecified atom stereocenters. The number of esters is 1. The highest BCUT2D eigenvalue weighted by Gasteiger charge is 2.23. The van der Waals surface area contributed by atoms with Gasteiger partial charge in [0.05, 0.1) is 6.61 Å². The molecular formula is C24H25N3O3S. The Morgan fingerprint density at radius 1 is 1.13 bits per heavy atom. The van der Waals surface area contributed by atoms with Gasteiger partial charge in [0.1, 0.15) is 5.58 Å². The SMILES string of the molecule is CCCn1c(SCc2c(C(=O)OCC)oc3ccccc23)nnc1-c1cccc(C)c1. The minimum Gasteiger partial charge on any atom is -0.460 e. The normalized spacial score (nSPS) is 11.2. The van der Waals surface area contributed by atoms with Crippen LogP contribution in [0.15, 0.2) is 58.1 Å². The van der Waals surface area contributed by atoms with Gasteiger partial charge in [0.15, 0.2) is 11.0 Å². The average molecular weight is 436 g/mol. The molecule has 0 saturated carbocycles. The highest BCUT2D eigenvalue weighted by molar-refractivity contribution is 7.98. The summed E-state index contributed by atoms with van der Waals surface area (Å²) in [5, 5.41) is 10.7. The van der Waals surface area contributed by atoms with Crippen molar-refractivity contribution in [3.63, 3.8) is 0 Å². The minimum atomic E-state index is -0.440. The number of ether oxygens (including phenoxy) is 1. The summed E-state index contributed by atoms with van der Waals surface area (Å²) < 4.78 is 13.2. The summed E-state index contributed by atoms with van der Waals surface area (Å²) in [5.74, 6) is 1.21. The van der Waals surface area contributed by atoms with Crippen LogP contribution in [0.1, 0.15) is 41.9 Å². The quantitative estimate of drug-likeness (QED) is 0.254. The standard InChI is InChI=1S/C24H25N3O3S/c1-4-13-27-22(17-10-8-9-16(3)14-17)25-26-24(27)31-15-19-18-11-6-7-12-20(18)30-21(19)23(28)29-5-2/h6-12,14H,4-5,13,15H2,1-3H3. The lowest BCUT2D eigenvalue weighted by Gasteiger charge is -2.09. The van der Waals surface area contributed by atoms with E-state index in [1.54, 1.807) is 18.7 Å². The Bertz CT molecular complexity index is 1210. The van der Waals surface area contributed by atoms with Crippen molar-refractivity contribution in [3.05, 3.63) is 65.4 Å². The predicted octanol–water partition coefficient (Wildman–Crippen LogP) is 5.88. The molecule has 0 saturated heterocycles. The van der Waals surface area contributed by atoms with Crippen molar-refractivity contribution in [3.8, 4) is 11.4 Å². The van der Waals surface area contributed by atoms with Crippen molar-refractivity contribution in [2.45, 2.75) is 44.6 Å². The second kappa shape index (κ2) is 9.39. The van der Waals surface area contributed by atoms with Crippen LogP contribution in [-0.2, 0) is 17.0 Å². The maximum atomic E-state index is 12.5. The Morgan fingerprint density at radius 2 is 1.97 bits per heavy atom. The zero-order valence-corrected chi connectivity index (χ0v) is 18.7. The zero-order chi connectivity index (χ0) is 21.8. The van der Waals surface area contributed by atoms with E-state index in [0.29, 0.717) is 17.9 Å². The van der Waals surface area contributed by atoms with E-state index in [9.17, 15) is 4.79 Å². The lowest BCUT2D eigenvalue weighted by Crippen LogP contribution is -2.06. The van der Waals surface area contributed by atoms with Crippen LogP contribution in [0.3, 0.4) is 0 Å². The molecule has 4 aromatic rings. The number of carbonyl (C=O) groups excluding carboxylic acids is 1. The number of nitrogens with zero attached hydrogens (tertiary/aromatic N) is 3. The molecule has 160 valence electrons. The van der Waals surface area contributed by atoms with Crippen LogP contribution < -0.4 is 0 Å². The number of hydrogen-bond acceptors (Lipinski definition) is 6. The second-order valence-corrected chi connectivity index (χ2v) is 8.18. The van der Waals surface area contributed by atoms with Crippen LogP contribution in [-0.4, -0.2) is 27.3 Å². The summed E-state index contributed by atoms with van der Waals surface area (Å²) in [7, 11) is 0. The fraction of sp³-hybridized carbons (Fsp3) is 0.292. The van der Waals surface area contributed by atoms with Crippen LogP contribution in [0, 0.1) is 6.92 Å². The van der Waals surface area contributed by atoms with Gasteiger partial charge in [-0.1, -0.05) is 60.6 Å². The smallest absolute Gasteiger partial charge is 0.374 e. The van der Waals surface area contributed by atoms with Gasteiger partial charge in [-0.2, -0.15) is 0 Å². The number of aromatic nitrogens is 3. The number of furan rings is 1. The third-order valence-electron chi connectivity index (χ3n) is 4.95. The van der Waals surface area contributed by atoms with Crippen LogP contribution in [0.25, 0.3) is 22.4 Å². The highest BCUT2D eigenvalue weighted by Crippen LogP contribution is 2.33. The number of fused-ring (bicyclic) bond motifs is 1. The largest absolute Gasteiger partial charge is 0.460 e. The third-order valence-corrected chi connectivity index (χ3v) is 5.94. The Hall–Kier alpha value is -3.06. The first kappa shape index (κ1) is 21.2. The molecule has 31 heavy (non-hydrogen) atoms. The Kier molecular flexibility index (Phi) is 6.42. The van der Waals surface area contributed by atoms with Gasteiger partial charge < -0.3 is 13.7 Å². The van der Waals surface area contributed by atoms with Gasteiger partial charge in [-0.25, -0.2) is 4.79 Å².